The molecule has 1 aliphatic carbocycles. The van der Waals surface area contributed by atoms with E-state index >= 15 is 0 Å². The van der Waals surface area contributed by atoms with Crippen LogP contribution in [0.1, 0.15) is 31.9 Å². The second kappa shape index (κ2) is 7.23. The van der Waals surface area contributed by atoms with Gasteiger partial charge in [-0.15, -0.1) is 0 Å². The molecule has 1 unspecified atom stereocenters. The maximum absolute atomic E-state index is 13.1. The average Bonchev–Trinajstić information content (AvgIpc) is 3.41. The number of nitrogens with zero attached hydrogens (tertiary/aromatic N) is 3. The molecule has 1 aromatic carbocycles. The van der Waals surface area contributed by atoms with E-state index in [9.17, 15) is 14.4 Å². The van der Waals surface area contributed by atoms with Gasteiger partial charge in [-0.2, -0.15) is 0 Å². The second-order valence-corrected chi connectivity index (χ2v) is 7.10. The van der Waals surface area contributed by atoms with Crippen LogP contribution in [0.25, 0.3) is 0 Å². The molecular weight excluding hydrogens is 364 g/mol. The molecule has 1 atom stereocenters. The number of hydrogen-bond acceptors (Lipinski definition) is 6. The van der Waals surface area contributed by atoms with Crippen LogP contribution in [0.2, 0.25) is 0 Å². The van der Waals surface area contributed by atoms with Gasteiger partial charge in [0, 0.05) is 6.04 Å². The molecule has 1 aromatic heterocycles. The van der Waals surface area contributed by atoms with E-state index in [2.05, 4.69) is 5.27 Å². The molecule has 2 amide bonds. The first-order valence-corrected chi connectivity index (χ1v) is 9.41. The van der Waals surface area contributed by atoms with E-state index in [0.29, 0.717) is 23.7 Å². The number of carbonyl (C=O) groups is 2. The molecule has 2 aromatic rings. The van der Waals surface area contributed by atoms with Crippen molar-refractivity contribution in [1.82, 2.24) is 10.2 Å². The van der Waals surface area contributed by atoms with Crippen molar-refractivity contribution < 1.29 is 23.5 Å². The molecule has 2 heterocycles. The lowest BCUT2D eigenvalue weighted by molar-refractivity contribution is -0.747. The van der Waals surface area contributed by atoms with Crippen LogP contribution in [0, 0.1) is 0 Å². The minimum Gasteiger partial charge on any atom is -0.494 e. The Morgan fingerprint density at radius 1 is 1.25 bits per heavy atom. The zero-order valence-corrected chi connectivity index (χ0v) is 15.9. The van der Waals surface area contributed by atoms with Crippen LogP contribution in [-0.2, 0) is 23.2 Å². The van der Waals surface area contributed by atoms with Gasteiger partial charge in [-0.1, -0.05) is 4.68 Å². The number of aryl methyl sites for hydroxylation is 1. The summed E-state index contributed by atoms with van der Waals surface area (Å²) in [6.45, 7) is 2.70. The summed E-state index contributed by atoms with van der Waals surface area (Å²) in [5.74, 6) is 0.187. The maximum Gasteiger partial charge on any atom is 0.431 e. The Kier molecular flexibility index (Phi) is 4.76. The summed E-state index contributed by atoms with van der Waals surface area (Å²) in [5.41, 5.74) is 0.489. The van der Waals surface area contributed by atoms with Crippen molar-refractivity contribution in [3.05, 3.63) is 40.4 Å². The Hall–Kier alpha value is -2.94. The molecule has 4 rings (SSSR count). The molecule has 9 heteroatoms. The molecule has 148 valence electrons. The van der Waals surface area contributed by atoms with Gasteiger partial charge >= 0.3 is 11.3 Å². The van der Waals surface area contributed by atoms with E-state index < -0.39 is 11.7 Å². The molecule has 0 spiro atoms. The standard InChI is InChI=1S/C19H22N4O5/c1-3-27-14-8-6-13(7-9-14)23-17(24)10-15(18(23)25)22(12-4-5-12)11-16-19(26)28-20-21(16)2/h6-9,12,15H,3-5,10-11H2,1-2H3/p+1. The fraction of sp³-hybridized carbons (Fsp3) is 0.474. The van der Waals surface area contributed by atoms with Crippen LogP contribution in [0.5, 0.6) is 5.75 Å². The number of aromatic amines is 1. The summed E-state index contributed by atoms with van der Waals surface area (Å²) in [5, 5.41) is 2.49. The number of amides is 2. The van der Waals surface area contributed by atoms with Crippen LogP contribution in [0.4, 0.5) is 5.69 Å². The largest absolute Gasteiger partial charge is 0.494 e. The quantitative estimate of drug-likeness (QED) is 0.548. The highest BCUT2D eigenvalue weighted by Crippen LogP contribution is 2.35. The molecule has 1 N–H and O–H groups in total. The van der Waals surface area contributed by atoms with E-state index in [1.54, 1.807) is 31.3 Å². The van der Waals surface area contributed by atoms with Crippen molar-refractivity contribution in [1.29, 1.82) is 0 Å². The molecule has 0 radical (unpaired) electrons. The number of ether oxygens (including phenoxy) is 1. The van der Waals surface area contributed by atoms with E-state index in [1.165, 1.54) is 9.58 Å². The van der Waals surface area contributed by atoms with Gasteiger partial charge < -0.3 is 4.74 Å². The van der Waals surface area contributed by atoms with Crippen LogP contribution >= 0.6 is 0 Å². The van der Waals surface area contributed by atoms with Crippen molar-refractivity contribution in [3.8, 4) is 5.75 Å². The molecule has 1 saturated heterocycles. The van der Waals surface area contributed by atoms with Crippen molar-refractivity contribution in [2.45, 2.75) is 44.8 Å². The van der Waals surface area contributed by atoms with Crippen LogP contribution in [0.15, 0.2) is 33.6 Å². The van der Waals surface area contributed by atoms with Gasteiger partial charge in [-0.05, 0) is 49.3 Å². The molecule has 2 aliphatic rings. The van der Waals surface area contributed by atoms with Crippen molar-refractivity contribution >= 4 is 17.5 Å². The zero-order valence-electron chi connectivity index (χ0n) is 15.9. The summed E-state index contributed by atoms with van der Waals surface area (Å²) in [6, 6.07) is 6.53. The Morgan fingerprint density at radius 2 is 1.96 bits per heavy atom. The predicted octanol–water partition coefficient (Wildman–Crippen LogP) is 0.488. The first kappa shape index (κ1) is 18.4. The van der Waals surface area contributed by atoms with Gasteiger partial charge in [0.1, 0.15) is 5.75 Å². The Balaban J connectivity index is 1.57. The predicted molar refractivity (Wildman–Crippen MR) is 97.6 cm³/mol. The third kappa shape index (κ3) is 3.33. The lowest BCUT2D eigenvalue weighted by atomic mass is 10.2. The number of anilines is 1. The summed E-state index contributed by atoms with van der Waals surface area (Å²) in [4.78, 5) is 40.9. The van der Waals surface area contributed by atoms with Crippen LogP contribution < -0.4 is 19.9 Å². The molecule has 1 aliphatic heterocycles. The van der Waals surface area contributed by atoms with Gasteiger partial charge in [0.15, 0.2) is 7.05 Å². The highest BCUT2D eigenvalue weighted by atomic mass is 16.5. The average molecular weight is 387 g/mol. The molecule has 1 saturated carbocycles. The lowest BCUT2D eigenvalue weighted by Gasteiger charge is -2.25. The Bertz CT molecular complexity index is 944. The SMILES string of the molecule is CCOc1ccc(N2C(=O)CC(N(Cc3c(=O)o[nH][n+]3C)C3CC3)C2=O)cc1. The fourth-order valence-corrected chi connectivity index (χ4v) is 3.61. The van der Waals surface area contributed by atoms with Crippen molar-refractivity contribution in [2.75, 3.05) is 11.5 Å². The summed E-state index contributed by atoms with van der Waals surface area (Å²) < 4.78 is 11.7. The fourth-order valence-electron chi connectivity index (χ4n) is 3.61. The molecule has 0 bridgehead atoms. The van der Waals surface area contributed by atoms with Gasteiger partial charge in [0.05, 0.1) is 31.3 Å². The summed E-state index contributed by atoms with van der Waals surface area (Å²) in [6.07, 6.45) is 1.99. The van der Waals surface area contributed by atoms with Gasteiger partial charge in [0.25, 0.3) is 5.91 Å². The van der Waals surface area contributed by atoms with E-state index in [4.69, 9.17) is 9.26 Å². The first-order valence-electron chi connectivity index (χ1n) is 9.41. The minimum absolute atomic E-state index is 0.0992. The third-order valence-electron chi connectivity index (χ3n) is 5.19. The number of H-pyrrole nitrogens is 1. The topological polar surface area (TPSA) is 99.7 Å². The Labute approximate surface area is 161 Å². The van der Waals surface area contributed by atoms with Crippen molar-refractivity contribution in [2.24, 2.45) is 7.05 Å². The number of carbonyl (C=O) groups excluding carboxylic acids is 2. The summed E-state index contributed by atoms with van der Waals surface area (Å²) in [7, 11) is 1.68. The Morgan fingerprint density at radius 3 is 2.54 bits per heavy atom. The number of aromatic nitrogens is 2. The third-order valence-corrected chi connectivity index (χ3v) is 5.19. The van der Waals surface area contributed by atoms with E-state index in [0.717, 1.165) is 12.8 Å². The molecule has 2 fully saturated rings. The maximum atomic E-state index is 13.1. The lowest BCUT2D eigenvalue weighted by Crippen LogP contribution is -2.47. The van der Waals surface area contributed by atoms with Gasteiger partial charge in [0.2, 0.25) is 5.91 Å². The molecule has 9 nitrogen and oxygen atoms in total. The first-order chi connectivity index (χ1) is 13.5. The van der Waals surface area contributed by atoms with Gasteiger partial charge in [-0.3, -0.25) is 19.0 Å². The van der Waals surface area contributed by atoms with Gasteiger partial charge in [-0.25, -0.2) is 9.69 Å². The monoisotopic (exact) mass is 387 g/mol. The number of nitrogens with one attached hydrogen (secondary N) is 1. The smallest absolute Gasteiger partial charge is 0.431 e. The summed E-state index contributed by atoms with van der Waals surface area (Å²) >= 11 is 0. The second-order valence-electron chi connectivity index (χ2n) is 7.10. The minimum atomic E-state index is -0.583. The number of hydrogen-bond donors (Lipinski definition) is 1. The van der Waals surface area contributed by atoms with E-state index in [1.807, 2.05) is 11.8 Å². The highest BCUT2D eigenvalue weighted by molar-refractivity contribution is 6.22. The molecular formula is C19H23N4O5+. The number of imide groups is 1. The van der Waals surface area contributed by atoms with Crippen LogP contribution in [0.3, 0.4) is 0 Å². The zero-order chi connectivity index (χ0) is 19.8. The van der Waals surface area contributed by atoms with Crippen molar-refractivity contribution in [3.63, 3.8) is 0 Å². The highest BCUT2D eigenvalue weighted by Gasteiger charge is 2.48. The molecule has 28 heavy (non-hydrogen) atoms. The normalized spacial score (nSPS) is 19.7. The van der Waals surface area contributed by atoms with E-state index in [-0.39, 0.29) is 30.8 Å². The van der Waals surface area contributed by atoms with Crippen LogP contribution in [-0.4, -0.2) is 40.7 Å². The number of rotatable bonds is 7. The number of benzene rings is 1.